The minimum absolute atomic E-state index is 0.100. The van der Waals surface area contributed by atoms with Crippen molar-refractivity contribution in [2.45, 2.75) is 25.8 Å². The van der Waals surface area contributed by atoms with Gasteiger partial charge in [0, 0.05) is 12.7 Å². The minimum Gasteiger partial charge on any atom is -0.320 e. The van der Waals surface area contributed by atoms with Crippen molar-refractivity contribution in [2.24, 2.45) is 5.73 Å². The van der Waals surface area contributed by atoms with Crippen molar-refractivity contribution in [2.75, 3.05) is 11.9 Å². The molecule has 90 valence electrons. The molecular formula is C13H17N3O. The maximum absolute atomic E-state index is 11.9. The number of nitrogens with two attached hydrogens (primary N) is 1. The van der Waals surface area contributed by atoms with Crippen LogP contribution >= 0.6 is 0 Å². The highest BCUT2D eigenvalue weighted by Gasteiger charge is 2.18. The van der Waals surface area contributed by atoms with E-state index in [-0.39, 0.29) is 5.91 Å². The Morgan fingerprint density at radius 2 is 2.06 bits per heavy atom. The first kappa shape index (κ1) is 13.2. The van der Waals surface area contributed by atoms with E-state index < -0.39 is 6.04 Å². The monoisotopic (exact) mass is 231 g/mol. The number of nitriles is 1. The molecule has 0 unspecified atom stereocenters. The van der Waals surface area contributed by atoms with Gasteiger partial charge in [-0.3, -0.25) is 4.79 Å². The van der Waals surface area contributed by atoms with Crippen LogP contribution in [0.25, 0.3) is 0 Å². The van der Waals surface area contributed by atoms with Crippen LogP contribution in [0.3, 0.4) is 0 Å². The van der Waals surface area contributed by atoms with Gasteiger partial charge in [0.2, 0.25) is 5.91 Å². The highest BCUT2D eigenvalue weighted by atomic mass is 16.2. The molecule has 0 saturated carbocycles. The van der Waals surface area contributed by atoms with Gasteiger partial charge in [0.1, 0.15) is 0 Å². The zero-order valence-corrected chi connectivity index (χ0v) is 10.2. The van der Waals surface area contributed by atoms with E-state index in [0.29, 0.717) is 12.0 Å². The molecule has 0 heterocycles. The highest BCUT2D eigenvalue weighted by Crippen LogP contribution is 2.14. The average molecular weight is 231 g/mol. The number of anilines is 1. The maximum atomic E-state index is 11.9. The van der Waals surface area contributed by atoms with Gasteiger partial charge in [-0.1, -0.05) is 13.3 Å². The van der Waals surface area contributed by atoms with Crippen LogP contribution in [-0.4, -0.2) is 19.0 Å². The van der Waals surface area contributed by atoms with Crippen molar-refractivity contribution < 1.29 is 4.79 Å². The van der Waals surface area contributed by atoms with Crippen molar-refractivity contribution in [1.29, 1.82) is 5.26 Å². The molecule has 0 aliphatic carbocycles. The number of carbonyl (C=O) groups excluding carboxylic acids is 1. The SMILES string of the molecule is CCC[C@H](N)C(=O)N(C)c1ccc(C#N)cc1. The van der Waals surface area contributed by atoms with Crippen molar-refractivity contribution in [3.8, 4) is 6.07 Å². The molecule has 1 atom stereocenters. The Kier molecular flexibility index (Phi) is 4.68. The molecule has 0 saturated heterocycles. The molecule has 1 aromatic carbocycles. The third-order valence-electron chi connectivity index (χ3n) is 2.63. The highest BCUT2D eigenvalue weighted by molar-refractivity contribution is 5.96. The summed E-state index contributed by atoms with van der Waals surface area (Å²) in [6, 6.07) is 8.44. The topological polar surface area (TPSA) is 70.1 Å². The number of nitrogens with zero attached hydrogens (tertiary/aromatic N) is 2. The fraction of sp³-hybridized carbons (Fsp3) is 0.385. The lowest BCUT2D eigenvalue weighted by atomic mass is 10.1. The summed E-state index contributed by atoms with van der Waals surface area (Å²) in [5.41, 5.74) is 7.11. The van der Waals surface area contributed by atoms with Crippen LogP contribution < -0.4 is 10.6 Å². The molecule has 4 nitrogen and oxygen atoms in total. The number of rotatable bonds is 4. The van der Waals surface area contributed by atoms with Crippen LogP contribution in [-0.2, 0) is 4.79 Å². The molecule has 0 aliphatic rings. The van der Waals surface area contributed by atoms with Crippen LogP contribution in [0, 0.1) is 11.3 Å². The summed E-state index contributed by atoms with van der Waals surface area (Å²) in [4.78, 5) is 13.5. The predicted octanol–water partition coefficient (Wildman–Crippen LogP) is 1.65. The second kappa shape index (κ2) is 6.02. The number of hydrogen-bond acceptors (Lipinski definition) is 3. The molecule has 0 aromatic heterocycles. The van der Waals surface area contributed by atoms with E-state index >= 15 is 0 Å². The van der Waals surface area contributed by atoms with Gasteiger partial charge in [0.15, 0.2) is 0 Å². The third-order valence-corrected chi connectivity index (χ3v) is 2.63. The van der Waals surface area contributed by atoms with E-state index in [9.17, 15) is 4.79 Å². The van der Waals surface area contributed by atoms with Crippen molar-refractivity contribution in [1.82, 2.24) is 0 Å². The molecule has 0 aliphatic heterocycles. The molecule has 4 heteroatoms. The predicted molar refractivity (Wildman–Crippen MR) is 67.5 cm³/mol. The van der Waals surface area contributed by atoms with E-state index in [2.05, 4.69) is 0 Å². The number of benzene rings is 1. The molecule has 0 bridgehead atoms. The van der Waals surface area contributed by atoms with Crippen molar-refractivity contribution in [3.63, 3.8) is 0 Å². The number of carbonyl (C=O) groups is 1. The summed E-state index contributed by atoms with van der Waals surface area (Å²) in [5, 5.41) is 8.68. The molecule has 0 spiro atoms. The summed E-state index contributed by atoms with van der Waals surface area (Å²) >= 11 is 0. The van der Waals surface area contributed by atoms with E-state index in [0.717, 1.165) is 12.1 Å². The Hall–Kier alpha value is -1.86. The molecule has 0 fully saturated rings. The van der Waals surface area contributed by atoms with Gasteiger partial charge in [-0.25, -0.2) is 0 Å². The zero-order valence-electron chi connectivity index (χ0n) is 10.2. The van der Waals surface area contributed by atoms with Gasteiger partial charge in [-0.15, -0.1) is 0 Å². The van der Waals surface area contributed by atoms with Crippen LogP contribution in [0.5, 0.6) is 0 Å². The first-order chi connectivity index (χ1) is 8.10. The van der Waals surface area contributed by atoms with E-state index in [1.54, 1.807) is 31.3 Å². The lowest BCUT2D eigenvalue weighted by molar-refractivity contribution is -0.119. The maximum Gasteiger partial charge on any atom is 0.243 e. The lowest BCUT2D eigenvalue weighted by Crippen LogP contribution is -2.41. The Balaban J connectivity index is 2.78. The first-order valence-corrected chi connectivity index (χ1v) is 5.63. The smallest absolute Gasteiger partial charge is 0.243 e. The Bertz CT molecular complexity index is 419. The second-order valence-corrected chi connectivity index (χ2v) is 3.95. The Morgan fingerprint density at radius 3 is 2.53 bits per heavy atom. The molecular weight excluding hydrogens is 214 g/mol. The minimum atomic E-state index is -0.458. The van der Waals surface area contributed by atoms with E-state index in [4.69, 9.17) is 11.0 Å². The van der Waals surface area contributed by atoms with E-state index in [1.165, 1.54) is 4.90 Å². The number of amides is 1. The number of hydrogen-bond donors (Lipinski definition) is 1. The summed E-state index contributed by atoms with van der Waals surface area (Å²) in [6.45, 7) is 1.99. The van der Waals surface area contributed by atoms with Gasteiger partial charge in [0.25, 0.3) is 0 Å². The summed E-state index contributed by atoms with van der Waals surface area (Å²) in [7, 11) is 1.69. The van der Waals surface area contributed by atoms with Crippen molar-refractivity contribution in [3.05, 3.63) is 29.8 Å². The van der Waals surface area contributed by atoms with Crippen molar-refractivity contribution >= 4 is 11.6 Å². The Morgan fingerprint density at radius 1 is 1.47 bits per heavy atom. The molecule has 1 rings (SSSR count). The van der Waals surface area contributed by atoms with Gasteiger partial charge in [-0.05, 0) is 30.7 Å². The largest absolute Gasteiger partial charge is 0.320 e. The molecule has 0 radical (unpaired) electrons. The van der Waals surface area contributed by atoms with Gasteiger partial charge < -0.3 is 10.6 Å². The molecule has 1 amide bonds. The fourth-order valence-electron chi connectivity index (χ4n) is 1.57. The third kappa shape index (κ3) is 3.30. The Labute approximate surface area is 102 Å². The molecule has 1 aromatic rings. The van der Waals surface area contributed by atoms with Crippen LogP contribution in [0.4, 0.5) is 5.69 Å². The second-order valence-electron chi connectivity index (χ2n) is 3.95. The molecule has 2 N–H and O–H groups in total. The summed E-state index contributed by atoms with van der Waals surface area (Å²) < 4.78 is 0. The zero-order chi connectivity index (χ0) is 12.8. The first-order valence-electron chi connectivity index (χ1n) is 5.63. The average Bonchev–Trinajstić information content (AvgIpc) is 2.37. The van der Waals surface area contributed by atoms with Crippen LogP contribution in [0.1, 0.15) is 25.3 Å². The van der Waals surface area contributed by atoms with Gasteiger partial charge >= 0.3 is 0 Å². The summed E-state index contributed by atoms with van der Waals surface area (Å²) in [5.74, 6) is -0.100. The fourth-order valence-corrected chi connectivity index (χ4v) is 1.57. The van der Waals surface area contributed by atoms with Crippen LogP contribution in [0.15, 0.2) is 24.3 Å². The lowest BCUT2D eigenvalue weighted by Gasteiger charge is -2.21. The molecule has 17 heavy (non-hydrogen) atoms. The summed E-state index contributed by atoms with van der Waals surface area (Å²) in [6.07, 6.45) is 1.56. The quantitative estimate of drug-likeness (QED) is 0.856. The number of likely N-dealkylation sites (N-methyl/N-ethyl adjacent to an activating group) is 1. The van der Waals surface area contributed by atoms with Gasteiger partial charge in [-0.2, -0.15) is 5.26 Å². The van der Waals surface area contributed by atoms with Crippen LogP contribution in [0.2, 0.25) is 0 Å². The van der Waals surface area contributed by atoms with E-state index in [1.807, 2.05) is 13.0 Å². The standard InChI is InChI=1S/C13H17N3O/c1-3-4-12(15)13(17)16(2)11-7-5-10(9-14)6-8-11/h5-8,12H,3-4,15H2,1-2H3/t12-/m0/s1. The normalized spacial score (nSPS) is 11.6. The van der Waals surface area contributed by atoms with Gasteiger partial charge in [0.05, 0.1) is 17.7 Å².